The predicted octanol–water partition coefficient (Wildman–Crippen LogP) is 2.77. The summed E-state index contributed by atoms with van der Waals surface area (Å²) >= 11 is 0. The third-order valence-electron chi connectivity index (χ3n) is 3.73. The average molecular weight is 237 g/mol. The summed E-state index contributed by atoms with van der Waals surface area (Å²) in [5.41, 5.74) is 6.70. The molecule has 0 heterocycles. The fourth-order valence-electron chi connectivity index (χ4n) is 2.68. The minimum Gasteiger partial charge on any atom is -0.391 e. The van der Waals surface area contributed by atoms with Crippen LogP contribution in [0.4, 0.5) is 4.39 Å². The first kappa shape index (κ1) is 12.5. The van der Waals surface area contributed by atoms with Crippen LogP contribution in [-0.4, -0.2) is 11.2 Å². The first-order valence-corrected chi connectivity index (χ1v) is 6.37. The Morgan fingerprint density at radius 3 is 2.59 bits per heavy atom. The van der Waals surface area contributed by atoms with Crippen LogP contribution in [0, 0.1) is 11.7 Å². The maximum Gasteiger partial charge on any atom is 0.123 e. The highest BCUT2D eigenvalue weighted by atomic mass is 19.1. The number of hydrogen-bond acceptors (Lipinski definition) is 2. The van der Waals surface area contributed by atoms with Crippen molar-refractivity contribution in [2.75, 3.05) is 0 Å². The molecule has 2 nitrogen and oxygen atoms in total. The lowest BCUT2D eigenvalue weighted by molar-refractivity contribution is 0.0617. The standard InChI is InChI=1S/C14H20FNO/c15-12-8-4-7-11(9-12)13(16)14(17)10-5-2-1-3-6-10/h4,7-10,13-14,17H,1-3,5-6,16H2/t13-,14+/m0/s1. The van der Waals surface area contributed by atoms with Crippen molar-refractivity contribution in [3.63, 3.8) is 0 Å². The second-order valence-corrected chi connectivity index (χ2v) is 4.97. The summed E-state index contributed by atoms with van der Waals surface area (Å²) in [6.45, 7) is 0. The molecule has 0 unspecified atom stereocenters. The molecule has 0 aliphatic heterocycles. The SMILES string of the molecule is N[C@@H](c1cccc(F)c1)[C@H](O)C1CCCCC1. The van der Waals surface area contributed by atoms with Crippen molar-refractivity contribution < 1.29 is 9.50 Å². The Labute approximate surface area is 102 Å². The molecule has 0 bridgehead atoms. The van der Waals surface area contributed by atoms with Crippen molar-refractivity contribution in [1.82, 2.24) is 0 Å². The first-order valence-electron chi connectivity index (χ1n) is 6.37. The van der Waals surface area contributed by atoms with Gasteiger partial charge in [0.25, 0.3) is 0 Å². The number of aliphatic hydroxyl groups is 1. The smallest absolute Gasteiger partial charge is 0.123 e. The highest BCUT2D eigenvalue weighted by Gasteiger charge is 2.27. The van der Waals surface area contributed by atoms with E-state index in [2.05, 4.69) is 0 Å². The molecule has 17 heavy (non-hydrogen) atoms. The van der Waals surface area contributed by atoms with Crippen molar-refractivity contribution >= 4 is 0 Å². The fraction of sp³-hybridized carbons (Fsp3) is 0.571. The van der Waals surface area contributed by atoms with Crippen LogP contribution in [0.3, 0.4) is 0 Å². The van der Waals surface area contributed by atoms with Gasteiger partial charge in [-0.05, 0) is 36.5 Å². The van der Waals surface area contributed by atoms with Crippen molar-refractivity contribution in [1.29, 1.82) is 0 Å². The van der Waals surface area contributed by atoms with Crippen LogP contribution in [0.1, 0.15) is 43.7 Å². The topological polar surface area (TPSA) is 46.2 Å². The zero-order chi connectivity index (χ0) is 12.3. The van der Waals surface area contributed by atoms with Gasteiger partial charge in [0.15, 0.2) is 0 Å². The lowest BCUT2D eigenvalue weighted by atomic mass is 9.81. The van der Waals surface area contributed by atoms with Crippen LogP contribution in [-0.2, 0) is 0 Å². The van der Waals surface area contributed by atoms with Crippen LogP contribution in [0.2, 0.25) is 0 Å². The van der Waals surface area contributed by atoms with Crippen LogP contribution in [0.15, 0.2) is 24.3 Å². The molecule has 94 valence electrons. The lowest BCUT2D eigenvalue weighted by Gasteiger charge is -2.30. The second-order valence-electron chi connectivity index (χ2n) is 4.97. The number of aliphatic hydroxyl groups excluding tert-OH is 1. The van der Waals surface area contributed by atoms with E-state index in [1.165, 1.54) is 18.6 Å². The van der Waals surface area contributed by atoms with Gasteiger partial charge in [-0.15, -0.1) is 0 Å². The Balaban J connectivity index is 2.05. The Kier molecular flexibility index (Phi) is 4.13. The molecule has 1 aliphatic carbocycles. The molecule has 1 aliphatic rings. The van der Waals surface area contributed by atoms with Gasteiger partial charge >= 0.3 is 0 Å². The Bertz CT molecular complexity index is 363. The molecule has 3 heteroatoms. The largest absolute Gasteiger partial charge is 0.391 e. The highest BCUT2D eigenvalue weighted by molar-refractivity contribution is 5.21. The van der Waals surface area contributed by atoms with Crippen molar-refractivity contribution in [3.8, 4) is 0 Å². The molecule has 2 atom stereocenters. The highest BCUT2D eigenvalue weighted by Crippen LogP contribution is 2.31. The van der Waals surface area contributed by atoms with Crippen molar-refractivity contribution in [2.45, 2.75) is 44.2 Å². The number of halogens is 1. The minimum absolute atomic E-state index is 0.266. The number of rotatable bonds is 3. The average Bonchev–Trinajstić information content (AvgIpc) is 2.38. The maximum absolute atomic E-state index is 13.1. The van der Waals surface area contributed by atoms with Gasteiger partial charge in [0.05, 0.1) is 12.1 Å². The summed E-state index contributed by atoms with van der Waals surface area (Å²) in [5.74, 6) is -0.0317. The molecule has 3 N–H and O–H groups in total. The summed E-state index contributed by atoms with van der Waals surface area (Å²) in [4.78, 5) is 0. The zero-order valence-corrected chi connectivity index (χ0v) is 9.98. The molecule has 0 spiro atoms. The summed E-state index contributed by atoms with van der Waals surface area (Å²) in [7, 11) is 0. The van der Waals surface area contributed by atoms with Gasteiger partial charge in [0, 0.05) is 0 Å². The van der Waals surface area contributed by atoms with Gasteiger partial charge in [-0.1, -0.05) is 31.4 Å². The van der Waals surface area contributed by atoms with E-state index in [-0.39, 0.29) is 11.7 Å². The van der Waals surface area contributed by atoms with E-state index in [0.717, 1.165) is 25.7 Å². The van der Waals surface area contributed by atoms with Crippen molar-refractivity contribution in [2.24, 2.45) is 11.7 Å². The number of nitrogens with two attached hydrogens (primary N) is 1. The van der Waals surface area contributed by atoms with Gasteiger partial charge in [0.2, 0.25) is 0 Å². The van der Waals surface area contributed by atoms with E-state index in [9.17, 15) is 9.50 Å². The van der Waals surface area contributed by atoms with Crippen molar-refractivity contribution in [3.05, 3.63) is 35.6 Å². The van der Waals surface area contributed by atoms with Gasteiger partial charge in [-0.25, -0.2) is 4.39 Å². The molecule has 0 aromatic heterocycles. The van der Waals surface area contributed by atoms with Crippen LogP contribution in [0.25, 0.3) is 0 Å². The molecule has 1 saturated carbocycles. The Hall–Kier alpha value is -0.930. The van der Waals surface area contributed by atoms with E-state index in [1.54, 1.807) is 12.1 Å². The lowest BCUT2D eigenvalue weighted by Crippen LogP contribution is -2.34. The monoisotopic (exact) mass is 237 g/mol. The summed E-state index contributed by atoms with van der Waals surface area (Å²) in [6.07, 6.45) is 5.08. The second kappa shape index (κ2) is 5.61. The molecule has 0 saturated heterocycles. The normalized spacial score (nSPS) is 21.1. The van der Waals surface area contributed by atoms with Crippen LogP contribution in [0.5, 0.6) is 0 Å². The van der Waals surface area contributed by atoms with Gasteiger partial charge in [-0.2, -0.15) is 0 Å². The molecular formula is C14H20FNO. The third-order valence-corrected chi connectivity index (χ3v) is 3.73. The van der Waals surface area contributed by atoms with Gasteiger partial charge < -0.3 is 10.8 Å². The Morgan fingerprint density at radius 1 is 1.24 bits per heavy atom. The van der Waals surface area contributed by atoms with E-state index < -0.39 is 12.1 Å². The zero-order valence-electron chi connectivity index (χ0n) is 9.98. The van der Waals surface area contributed by atoms with Gasteiger partial charge in [-0.3, -0.25) is 0 Å². The predicted molar refractivity (Wildman–Crippen MR) is 65.9 cm³/mol. The van der Waals surface area contributed by atoms with E-state index >= 15 is 0 Å². The molecule has 1 aromatic carbocycles. The van der Waals surface area contributed by atoms with E-state index in [4.69, 9.17) is 5.73 Å². The fourth-order valence-corrected chi connectivity index (χ4v) is 2.68. The molecular weight excluding hydrogens is 217 g/mol. The number of hydrogen-bond donors (Lipinski definition) is 2. The molecule has 1 aromatic rings. The summed E-state index contributed by atoms with van der Waals surface area (Å²) in [5, 5.41) is 10.2. The number of benzene rings is 1. The van der Waals surface area contributed by atoms with Crippen LogP contribution >= 0.6 is 0 Å². The molecule has 0 radical (unpaired) electrons. The maximum atomic E-state index is 13.1. The molecule has 1 fully saturated rings. The quantitative estimate of drug-likeness (QED) is 0.849. The molecule has 0 amide bonds. The Morgan fingerprint density at radius 2 is 1.94 bits per heavy atom. The summed E-state index contributed by atoms with van der Waals surface area (Å²) < 4.78 is 13.1. The third kappa shape index (κ3) is 3.05. The molecule has 2 rings (SSSR count). The van der Waals surface area contributed by atoms with Gasteiger partial charge in [0.1, 0.15) is 5.82 Å². The van der Waals surface area contributed by atoms with Crippen LogP contribution < -0.4 is 5.73 Å². The van der Waals surface area contributed by atoms with E-state index in [0.29, 0.717) is 5.56 Å². The first-order chi connectivity index (χ1) is 8.18. The minimum atomic E-state index is -0.558. The summed E-state index contributed by atoms with van der Waals surface area (Å²) in [6, 6.07) is 5.74. The van der Waals surface area contributed by atoms with E-state index in [1.807, 2.05) is 0 Å².